The number of unbranched alkanes of at least 4 members (excludes halogenated alkanes) is 1. The van der Waals surface area contributed by atoms with E-state index < -0.39 is 0 Å². The number of nitrogens with zero attached hydrogens (tertiary/aromatic N) is 1. The number of pyridine rings is 1. The lowest BCUT2D eigenvalue weighted by atomic mass is 10.0. The Balaban J connectivity index is 2.39. The second-order valence-electron chi connectivity index (χ2n) is 5.39. The van der Waals surface area contributed by atoms with Crippen LogP contribution in [0.1, 0.15) is 52.1 Å². The van der Waals surface area contributed by atoms with Crippen LogP contribution in [0.25, 0.3) is 0 Å². The van der Waals surface area contributed by atoms with E-state index in [1.54, 1.807) is 0 Å². The molecule has 0 saturated heterocycles. The van der Waals surface area contributed by atoms with Crippen LogP contribution in [0.5, 0.6) is 5.75 Å². The van der Waals surface area contributed by atoms with Gasteiger partial charge in [0.2, 0.25) is 0 Å². The molecule has 0 amide bonds. The van der Waals surface area contributed by atoms with E-state index in [0.29, 0.717) is 5.92 Å². The van der Waals surface area contributed by atoms with E-state index >= 15 is 0 Å². The van der Waals surface area contributed by atoms with Crippen molar-refractivity contribution in [2.75, 3.05) is 6.61 Å². The predicted octanol–water partition coefficient (Wildman–Crippen LogP) is 3.57. The number of rotatable bonds is 9. The molecule has 2 atom stereocenters. The maximum atomic E-state index is 5.82. The Morgan fingerprint density at radius 1 is 1.32 bits per heavy atom. The van der Waals surface area contributed by atoms with Crippen LogP contribution in [0.3, 0.4) is 0 Å². The van der Waals surface area contributed by atoms with Crippen molar-refractivity contribution in [1.82, 2.24) is 4.98 Å². The summed E-state index contributed by atoms with van der Waals surface area (Å²) in [7, 11) is 0. The Bertz CT molecular complexity index is 335. The highest BCUT2D eigenvalue weighted by Crippen LogP contribution is 2.16. The molecule has 3 heteroatoms. The van der Waals surface area contributed by atoms with Gasteiger partial charge in [0, 0.05) is 18.2 Å². The van der Waals surface area contributed by atoms with Gasteiger partial charge in [-0.1, -0.05) is 33.1 Å². The smallest absolute Gasteiger partial charge is 0.137 e. The van der Waals surface area contributed by atoms with Gasteiger partial charge in [0.1, 0.15) is 5.75 Å². The first-order valence-corrected chi connectivity index (χ1v) is 7.49. The van der Waals surface area contributed by atoms with Gasteiger partial charge >= 0.3 is 0 Å². The Hall–Kier alpha value is -1.09. The minimum atomic E-state index is 0.151. The maximum absolute atomic E-state index is 5.82. The van der Waals surface area contributed by atoms with Crippen LogP contribution in [-0.4, -0.2) is 17.6 Å². The molecule has 1 aromatic rings. The molecule has 0 radical (unpaired) electrons. The average molecular weight is 264 g/mol. The lowest BCUT2D eigenvalue weighted by Crippen LogP contribution is -2.18. The normalized spacial score (nSPS) is 14.1. The molecular weight excluding hydrogens is 236 g/mol. The van der Waals surface area contributed by atoms with Gasteiger partial charge in [0.15, 0.2) is 0 Å². The van der Waals surface area contributed by atoms with Crippen molar-refractivity contribution in [3.05, 3.63) is 24.0 Å². The minimum absolute atomic E-state index is 0.151. The summed E-state index contributed by atoms with van der Waals surface area (Å²) in [6, 6.07) is 4.15. The Morgan fingerprint density at radius 3 is 2.63 bits per heavy atom. The van der Waals surface area contributed by atoms with E-state index in [-0.39, 0.29) is 6.04 Å². The molecule has 0 aliphatic heterocycles. The maximum Gasteiger partial charge on any atom is 0.137 e. The summed E-state index contributed by atoms with van der Waals surface area (Å²) in [5, 5.41) is 0. The van der Waals surface area contributed by atoms with Gasteiger partial charge in [-0.3, -0.25) is 4.98 Å². The van der Waals surface area contributed by atoms with Gasteiger partial charge in [-0.15, -0.1) is 0 Å². The predicted molar refractivity (Wildman–Crippen MR) is 80.4 cm³/mol. The van der Waals surface area contributed by atoms with E-state index in [0.717, 1.165) is 24.5 Å². The number of hydrogen-bond donors (Lipinski definition) is 1. The lowest BCUT2D eigenvalue weighted by molar-refractivity contribution is 0.232. The molecule has 108 valence electrons. The van der Waals surface area contributed by atoms with E-state index in [9.17, 15) is 0 Å². The van der Waals surface area contributed by atoms with Crippen LogP contribution >= 0.6 is 0 Å². The molecule has 0 spiro atoms. The first kappa shape index (κ1) is 16.0. The van der Waals surface area contributed by atoms with Gasteiger partial charge in [0.25, 0.3) is 0 Å². The zero-order valence-electron chi connectivity index (χ0n) is 12.6. The van der Waals surface area contributed by atoms with Crippen LogP contribution in [-0.2, 0) is 6.42 Å². The molecule has 1 aromatic heterocycles. The summed E-state index contributed by atoms with van der Waals surface area (Å²) in [5.74, 6) is 1.52. The summed E-state index contributed by atoms with van der Waals surface area (Å²) >= 11 is 0. The van der Waals surface area contributed by atoms with E-state index in [1.165, 1.54) is 25.7 Å². The quantitative estimate of drug-likeness (QED) is 0.741. The molecule has 19 heavy (non-hydrogen) atoms. The van der Waals surface area contributed by atoms with Crippen molar-refractivity contribution in [2.45, 2.75) is 58.9 Å². The van der Waals surface area contributed by atoms with E-state index in [2.05, 4.69) is 18.8 Å². The van der Waals surface area contributed by atoms with Gasteiger partial charge in [-0.05, 0) is 31.4 Å². The van der Waals surface area contributed by atoms with Crippen molar-refractivity contribution in [1.29, 1.82) is 0 Å². The first-order valence-electron chi connectivity index (χ1n) is 7.49. The number of ether oxygens (including phenoxy) is 1. The monoisotopic (exact) mass is 264 g/mol. The second kappa shape index (κ2) is 8.92. The zero-order valence-corrected chi connectivity index (χ0v) is 12.6. The van der Waals surface area contributed by atoms with Crippen LogP contribution in [0.4, 0.5) is 0 Å². The van der Waals surface area contributed by atoms with Gasteiger partial charge in [0.05, 0.1) is 12.8 Å². The van der Waals surface area contributed by atoms with Crippen molar-refractivity contribution in [2.24, 2.45) is 11.7 Å². The molecule has 0 aliphatic rings. The van der Waals surface area contributed by atoms with Crippen LogP contribution < -0.4 is 10.5 Å². The van der Waals surface area contributed by atoms with Crippen molar-refractivity contribution < 1.29 is 4.74 Å². The largest absolute Gasteiger partial charge is 0.492 e. The van der Waals surface area contributed by atoms with Gasteiger partial charge in [-0.25, -0.2) is 0 Å². The van der Waals surface area contributed by atoms with Crippen molar-refractivity contribution in [3.8, 4) is 5.75 Å². The van der Waals surface area contributed by atoms with Crippen LogP contribution in [0.15, 0.2) is 18.3 Å². The average Bonchev–Trinajstić information content (AvgIpc) is 2.40. The summed E-state index contributed by atoms with van der Waals surface area (Å²) in [6.45, 7) is 7.25. The fourth-order valence-electron chi connectivity index (χ4n) is 2.06. The van der Waals surface area contributed by atoms with Crippen LogP contribution in [0.2, 0.25) is 0 Å². The fraction of sp³-hybridized carbons (Fsp3) is 0.688. The zero-order chi connectivity index (χ0) is 14.1. The third-order valence-electron chi connectivity index (χ3n) is 3.36. The topological polar surface area (TPSA) is 48.1 Å². The molecule has 0 aromatic carbocycles. The van der Waals surface area contributed by atoms with Crippen molar-refractivity contribution >= 4 is 0 Å². The summed E-state index contributed by atoms with van der Waals surface area (Å²) < 4.78 is 5.82. The summed E-state index contributed by atoms with van der Waals surface area (Å²) in [4.78, 5) is 4.38. The van der Waals surface area contributed by atoms with Gasteiger partial charge in [-0.2, -0.15) is 0 Å². The van der Waals surface area contributed by atoms with E-state index in [4.69, 9.17) is 10.5 Å². The number of hydrogen-bond acceptors (Lipinski definition) is 3. The minimum Gasteiger partial charge on any atom is -0.492 e. The standard InChI is InChI=1S/C16H28N2O/c1-4-6-7-14(5-2)12-19-16-9-8-15(18-11-16)10-13(3)17/h8-9,11,13-14H,4-7,10,12,17H2,1-3H3. The van der Waals surface area contributed by atoms with Crippen LogP contribution in [0, 0.1) is 5.92 Å². The molecule has 1 heterocycles. The Labute approximate surface area is 117 Å². The van der Waals surface area contributed by atoms with E-state index in [1.807, 2.05) is 25.3 Å². The Morgan fingerprint density at radius 2 is 2.11 bits per heavy atom. The molecule has 2 unspecified atom stereocenters. The third-order valence-corrected chi connectivity index (χ3v) is 3.36. The molecule has 0 bridgehead atoms. The number of nitrogens with two attached hydrogens (primary N) is 1. The molecule has 0 aliphatic carbocycles. The van der Waals surface area contributed by atoms with Gasteiger partial charge < -0.3 is 10.5 Å². The molecule has 1 rings (SSSR count). The lowest BCUT2D eigenvalue weighted by Gasteiger charge is -2.15. The fourth-order valence-corrected chi connectivity index (χ4v) is 2.06. The Kier molecular flexibility index (Phi) is 7.49. The highest BCUT2D eigenvalue weighted by atomic mass is 16.5. The number of aromatic nitrogens is 1. The first-order chi connectivity index (χ1) is 9.15. The summed E-state index contributed by atoms with van der Waals surface area (Å²) in [5.41, 5.74) is 6.78. The SMILES string of the molecule is CCCCC(CC)COc1ccc(CC(C)N)nc1. The summed E-state index contributed by atoms with van der Waals surface area (Å²) in [6.07, 6.45) is 7.59. The molecule has 3 nitrogen and oxygen atoms in total. The molecule has 0 fully saturated rings. The molecule has 2 N–H and O–H groups in total. The van der Waals surface area contributed by atoms with Crippen molar-refractivity contribution in [3.63, 3.8) is 0 Å². The highest BCUT2D eigenvalue weighted by molar-refractivity contribution is 5.20. The third kappa shape index (κ3) is 6.58. The molecular formula is C16H28N2O. The second-order valence-corrected chi connectivity index (χ2v) is 5.39. The highest BCUT2D eigenvalue weighted by Gasteiger charge is 2.07. The molecule has 0 saturated carbocycles.